The first-order chi connectivity index (χ1) is 8.74. The Bertz CT molecular complexity index is 404. The van der Waals surface area contributed by atoms with Crippen LogP contribution >= 0.6 is 38.9 Å². The molecule has 1 N–H and O–H groups in total. The number of halogens is 2. The molecular weight excluding hydrogens is 332 g/mol. The smallest absolute Gasteiger partial charge is 0.107 e. The predicted octanol–water partition coefficient (Wildman–Crippen LogP) is 3.88. The molecule has 0 spiro atoms. The van der Waals surface area contributed by atoms with Crippen molar-refractivity contribution in [2.75, 3.05) is 13.1 Å². The van der Waals surface area contributed by atoms with E-state index < -0.39 is 0 Å². The first-order valence-electron chi connectivity index (χ1n) is 6.65. The van der Waals surface area contributed by atoms with Gasteiger partial charge in [0.05, 0.1) is 0 Å². The number of nitrogens with one attached hydrogen (secondary N) is 1. The van der Waals surface area contributed by atoms with Crippen molar-refractivity contribution >= 4 is 38.9 Å². The molecule has 5 heteroatoms. The molecule has 0 saturated carbocycles. The Labute approximate surface area is 126 Å². The van der Waals surface area contributed by atoms with Crippen LogP contribution in [0.5, 0.6) is 0 Å². The second kappa shape index (κ2) is 5.80. The molecule has 1 aromatic rings. The second-order valence-electron chi connectivity index (χ2n) is 5.21. The Balaban J connectivity index is 1.57. The highest BCUT2D eigenvalue weighted by molar-refractivity contribution is 9.10. The summed E-state index contributed by atoms with van der Waals surface area (Å²) in [7, 11) is 0. The molecule has 1 aromatic heterocycles. The summed E-state index contributed by atoms with van der Waals surface area (Å²) < 4.78 is 1.88. The molecule has 2 unspecified atom stereocenters. The SMILES string of the molecule is Clc1sc(CNC2CCN3CCCCC23)cc1Br. The molecule has 0 amide bonds. The van der Waals surface area contributed by atoms with Gasteiger partial charge in [0.25, 0.3) is 0 Å². The van der Waals surface area contributed by atoms with Gasteiger partial charge in [-0.05, 0) is 47.8 Å². The molecule has 0 aliphatic carbocycles. The number of thiophene rings is 1. The van der Waals surface area contributed by atoms with Gasteiger partial charge in [0.2, 0.25) is 0 Å². The average Bonchev–Trinajstić information content (AvgIpc) is 2.92. The molecule has 2 fully saturated rings. The minimum absolute atomic E-state index is 0.671. The zero-order valence-corrected chi connectivity index (χ0v) is 13.5. The summed E-state index contributed by atoms with van der Waals surface area (Å²) in [6.45, 7) is 3.53. The number of nitrogens with zero attached hydrogens (tertiary/aromatic N) is 1. The first kappa shape index (κ1) is 13.4. The minimum atomic E-state index is 0.671. The van der Waals surface area contributed by atoms with E-state index in [0.29, 0.717) is 6.04 Å². The summed E-state index contributed by atoms with van der Waals surface area (Å²) >= 11 is 11.2. The second-order valence-corrected chi connectivity index (χ2v) is 7.80. The van der Waals surface area contributed by atoms with Crippen LogP contribution in [-0.4, -0.2) is 30.1 Å². The van der Waals surface area contributed by atoms with E-state index in [4.69, 9.17) is 11.6 Å². The molecule has 2 atom stereocenters. The largest absolute Gasteiger partial charge is 0.307 e. The van der Waals surface area contributed by atoms with Crippen LogP contribution < -0.4 is 5.32 Å². The van der Waals surface area contributed by atoms with Gasteiger partial charge in [-0.3, -0.25) is 4.90 Å². The molecule has 100 valence electrons. The number of rotatable bonds is 3. The van der Waals surface area contributed by atoms with Gasteiger partial charge in [0, 0.05) is 34.5 Å². The monoisotopic (exact) mass is 348 g/mol. The third-order valence-electron chi connectivity index (χ3n) is 4.09. The standard InChI is InChI=1S/C13H18BrClN2S/c14-10-7-9(18-13(10)15)8-16-11-4-6-17-5-2-1-3-12(11)17/h7,11-12,16H,1-6,8H2. The molecule has 0 bridgehead atoms. The lowest BCUT2D eigenvalue weighted by molar-refractivity contribution is 0.180. The predicted molar refractivity (Wildman–Crippen MR) is 81.5 cm³/mol. The van der Waals surface area contributed by atoms with Crippen LogP contribution in [-0.2, 0) is 6.54 Å². The average molecular weight is 350 g/mol. The molecular formula is C13H18BrClN2S. The van der Waals surface area contributed by atoms with Crippen LogP contribution in [0.15, 0.2) is 10.5 Å². The molecule has 2 nitrogen and oxygen atoms in total. The molecule has 2 saturated heterocycles. The van der Waals surface area contributed by atoms with Crippen LogP contribution in [0.25, 0.3) is 0 Å². The van der Waals surface area contributed by atoms with E-state index in [1.54, 1.807) is 11.3 Å². The summed E-state index contributed by atoms with van der Waals surface area (Å²) in [6.07, 6.45) is 5.45. The fourth-order valence-electron chi connectivity index (χ4n) is 3.20. The highest BCUT2D eigenvalue weighted by atomic mass is 79.9. The van der Waals surface area contributed by atoms with Crippen LogP contribution in [0.4, 0.5) is 0 Å². The van der Waals surface area contributed by atoms with Gasteiger partial charge < -0.3 is 5.32 Å². The molecule has 2 aliphatic heterocycles. The normalized spacial score (nSPS) is 28.6. The van der Waals surface area contributed by atoms with E-state index in [1.165, 1.54) is 43.6 Å². The number of piperidine rings is 1. The molecule has 3 heterocycles. The van der Waals surface area contributed by atoms with E-state index in [-0.39, 0.29) is 0 Å². The van der Waals surface area contributed by atoms with Gasteiger partial charge in [0.15, 0.2) is 0 Å². The maximum absolute atomic E-state index is 6.07. The quantitative estimate of drug-likeness (QED) is 0.891. The van der Waals surface area contributed by atoms with Gasteiger partial charge in [-0.25, -0.2) is 0 Å². The lowest BCUT2D eigenvalue weighted by Gasteiger charge is -2.32. The minimum Gasteiger partial charge on any atom is -0.307 e. The van der Waals surface area contributed by atoms with E-state index in [9.17, 15) is 0 Å². The summed E-state index contributed by atoms with van der Waals surface area (Å²) in [4.78, 5) is 3.99. The number of hydrogen-bond donors (Lipinski definition) is 1. The molecule has 18 heavy (non-hydrogen) atoms. The Kier molecular flexibility index (Phi) is 4.31. The van der Waals surface area contributed by atoms with Crippen LogP contribution in [0.3, 0.4) is 0 Å². The van der Waals surface area contributed by atoms with E-state index in [2.05, 4.69) is 32.2 Å². The fourth-order valence-corrected chi connectivity index (χ4v) is 4.94. The fraction of sp³-hybridized carbons (Fsp3) is 0.692. The van der Waals surface area contributed by atoms with Crippen LogP contribution in [0, 0.1) is 0 Å². The summed E-state index contributed by atoms with van der Waals surface area (Å²) in [5, 5.41) is 3.73. The third-order valence-corrected chi connectivity index (χ3v) is 6.57. The highest BCUT2D eigenvalue weighted by Gasteiger charge is 2.34. The van der Waals surface area contributed by atoms with Crippen molar-refractivity contribution in [3.63, 3.8) is 0 Å². The summed E-state index contributed by atoms with van der Waals surface area (Å²) in [6, 6.07) is 3.58. The topological polar surface area (TPSA) is 15.3 Å². The Morgan fingerprint density at radius 3 is 3.06 bits per heavy atom. The van der Waals surface area contributed by atoms with Gasteiger partial charge >= 0.3 is 0 Å². The zero-order valence-electron chi connectivity index (χ0n) is 10.3. The molecule has 0 radical (unpaired) electrons. The van der Waals surface area contributed by atoms with Crippen molar-refractivity contribution in [1.29, 1.82) is 0 Å². The van der Waals surface area contributed by atoms with Gasteiger partial charge in [0.1, 0.15) is 4.34 Å². The number of fused-ring (bicyclic) bond motifs is 1. The lowest BCUT2D eigenvalue weighted by Crippen LogP contribution is -2.44. The molecule has 3 rings (SSSR count). The van der Waals surface area contributed by atoms with Crippen molar-refractivity contribution < 1.29 is 0 Å². The van der Waals surface area contributed by atoms with Gasteiger partial charge in [-0.1, -0.05) is 18.0 Å². The molecule has 0 aromatic carbocycles. The maximum atomic E-state index is 6.07. The number of hydrogen-bond acceptors (Lipinski definition) is 3. The van der Waals surface area contributed by atoms with Crippen molar-refractivity contribution in [2.24, 2.45) is 0 Å². The Morgan fingerprint density at radius 1 is 1.39 bits per heavy atom. The lowest BCUT2D eigenvalue weighted by atomic mass is 9.99. The Morgan fingerprint density at radius 2 is 2.28 bits per heavy atom. The third kappa shape index (κ3) is 2.78. The Hall–Kier alpha value is 0.390. The van der Waals surface area contributed by atoms with Crippen molar-refractivity contribution in [3.8, 4) is 0 Å². The first-order valence-corrected chi connectivity index (χ1v) is 8.64. The highest BCUT2D eigenvalue weighted by Crippen LogP contribution is 2.32. The maximum Gasteiger partial charge on any atom is 0.107 e. The summed E-state index contributed by atoms with van der Waals surface area (Å²) in [5.41, 5.74) is 0. The van der Waals surface area contributed by atoms with Crippen LogP contribution in [0.1, 0.15) is 30.6 Å². The van der Waals surface area contributed by atoms with Crippen molar-refractivity contribution in [2.45, 2.75) is 44.3 Å². The van der Waals surface area contributed by atoms with Gasteiger partial charge in [-0.15, -0.1) is 11.3 Å². The van der Waals surface area contributed by atoms with Crippen molar-refractivity contribution in [3.05, 3.63) is 19.8 Å². The van der Waals surface area contributed by atoms with Crippen molar-refractivity contribution in [1.82, 2.24) is 10.2 Å². The van der Waals surface area contributed by atoms with Crippen LogP contribution in [0.2, 0.25) is 4.34 Å². The van der Waals surface area contributed by atoms with E-state index in [1.807, 2.05) is 0 Å². The zero-order chi connectivity index (χ0) is 12.5. The van der Waals surface area contributed by atoms with E-state index in [0.717, 1.165) is 21.4 Å². The molecule has 2 aliphatic rings. The van der Waals surface area contributed by atoms with Gasteiger partial charge in [-0.2, -0.15) is 0 Å². The summed E-state index contributed by atoms with van der Waals surface area (Å²) in [5.74, 6) is 0. The van der Waals surface area contributed by atoms with E-state index >= 15 is 0 Å².